The molecular formula is C24H32O2S2. The van der Waals surface area contributed by atoms with E-state index in [2.05, 4.69) is 39.0 Å². The Labute approximate surface area is 179 Å². The average molecular weight is 417 g/mol. The summed E-state index contributed by atoms with van der Waals surface area (Å²) in [5.41, 5.74) is 2.03. The van der Waals surface area contributed by atoms with E-state index in [1.165, 1.54) is 54.7 Å². The molecule has 0 radical (unpaired) electrons. The van der Waals surface area contributed by atoms with Crippen LogP contribution in [0.3, 0.4) is 0 Å². The SMILES string of the molecule is CCC1CCSc2ccc(OCC(=S)OC3(C)C4CCC45C(CC)CC35)cc21. The third-order valence-corrected chi connectivity index (χ3v) is 9.97. The van der Waals surface area contributed by atoms with Gasteiger partial charge in [-0.2, -0.15) is 0 Å². The maximum atomic E-state index is 6.41. The van der Waals surface area contributed by atoms with Crippen molar-refractivity contribution in [3.8, 4) is 5.75 Å². The van der Waals surface area contributed by atoms with E-state index in [0.717, 1.165) is 11.7 Å². The van der Waals surface area contributed by atoms with E-state index in [1.54, 1.807) is 0 Å². The fourth-order valence-corrected chi connectivity index (χ4v) is 8.59. The molecule has 3 fully saturated rings. The van der Waals surface area contributed by atoms with Crippen LogP contribution in [0.4, 0.5) is 0 Å². The highest BCUT2D eigenvalue weighted by molar-refractivity contribution is 7.99. The molecule has 0 aromatic heterocycles. The van der Waals surface area contributed by atoms with Crippen LogP contribution in [0.2, 0.25) is 0 Å². The Bertz CT molecular complexity index is 783. The average Bonchev–Trinajstić information content (AvgIpc) is 2.64. The van der Waals surface area contributed by atoms with E-state index in [1.807, 2.05) is 11.8 Å². The first-order valence-corrected chi connectivity index (χ1v) is 12.5. The van der Waals surface area contributed by atoms with Crippen LogP contribution in [-0.2, 0) is 4.74 Å². The number of thiocarbonyl (C=S) groups is 1. The zero-order valence-corrected chi connectivity index (χ0v) is 19.0. The van der Waals surface area contributed by atoms with Crippen LogP contribution in [-0.4, -0.2) is 23.0 Å². The van der Waals surface area contributed by atoms with Gasteiger partial charge in [0.05, 0.1) is 0 Å². The zero-order chi connectivity index (χ0) is 19.5. The molecule has 4 heteroatoms. The molecule has 0 saturated heterocycles. The van der Waals surface area contributed by atoms with Gasteiger partial charge in [0.15, 0.2) is 11.7 Å². The van der Waals surface area contributed by atoms with Gasteiger partial charge in [0.1, 0.15) is 11.4 Å². The molecule has 1 aromatic carbocycles. The Morgan fingerprint density at radius 1 is 1.21 bits per heavy atom. The summed E-state index contributed by atoms with van der Waals surface area (Å²) in [6.45, 7) is 7.32. The van der Waals surface area contributed by atoms with E-state index < -0.39 is 0 Å². The molecule has 0 amide bonds. The molecule has 3 saturated carbocycles. The minimum Gasteiger partial charge on any atom is -0.485 e. The van der Waals surface area contributed by atoms with Crippen LogP contribution in [0.15, 0.2) is 23.1 Å². The fraction of sp³-hybridized carbons (Fsp3) is 0.708. The van der Waals surface area contributed by atoms with Gasteiger partial charge < -0.3 is 9.47 Å². The lowest BCUT2D eigenvalue weighted by molar-refractivity contribution is -0.370. The van der Waals surface area contributed by atoms with Crippen molar-refractivity contribution in [2.75, 3.05) is 12.4 Å². The van der Waals surface area contributed by atoms with E-state index in [4.69, 9.17) is 21.7 Å². The maximum Gasteiger partial charge on any atom is 0.198 e. The Balaban J connectivity index is 1.20. The Hall–Kier alpha value is -0.740. The molecule has 5 rings (SSSR count). The highest BCUT2D eigenvalue weighted by Crippen LogP contribution is 2.82. The van der Waals surface area contributed by atoms with Crippen LogP contribution < -0.4 is 4.74 Å². The molecule has 0 N–H and O–H groups in total. The first-order valence-electron chi connectivity index (χ1n) is 11.1. The van der Waals surface area contributed by atoms with Crippen LogP contribution >= 0.6 is 24.0 Å². The lowest BCUT2D eigenvalue weighted by Crippen LogP contribution is -2.82. The predicted molar refractivity (Wildman–Crippen MR) is 119 cm³/mol. The summed E-state index contributed by atoms with van der Waals surface area (Å²) in [5, 5.41) is 0.627. The Morgan fingerprint density at radius 3 is 2.75 bits per heavy atom. The second kappa shape index (κ2) is 6.91. The number of hydrogen-bond acceptors (Lipinski definition) is 4. The molecule has 1 heterocycles. The number of rotatable bonds is 6. The zero-order valence-electron chi connectivity index (χ0n) is 17.3. The molecule has 1 aromatic rings. The maximum absolute atomic E-state index is 6.41. The second-order valence-electron chi connectivity index (χ2n) is 9.49. The van der Waals surface area contributed by atoms with Crippen molar-refractivity contribution in [2.45, 2.75) is 75.7 Å². The largest absolute Gasteiger partial charge is 0.485 e. The predicted octanol–water partition coefficient (Wildman–Crippen LogP) is 6.61. The van der Waals surface area contributed by atoms with Crippen molar-refractivity contribution in [3.63, 3.8) is 0 Å². The number of ether oxygens (including phenoxy) is 2. The summed E-state index contributed by atoms with van der Waals surface area (Å²) in [6, 6.07) is 6.54. The second-order valence-corrected chi connectivity index (χ2v) is 11.1. The van der Waals surface area contributed by atoms with Gasteiger partial charge in [-0.1, -0.05) is 20.3 Å². The first-order chi connectivity index (χ1) is 13.5. The van der Waals surface area contributed by atoms with Gasteiger partial charge >= 0.3 is 0 Å². The quantitative estimate of drug-likeness (QED) is 0.485. The summed E-state index contributed by atoms with van der Waals surface area (Å²) in [5.74, 6) is 5.18. The lowest BCUT2D eigenvalue weighted by Gasteiger charge is -2.82. The Morgan fingerprint density at radius 2 is 2.07 bits per heavy atom. The Kier molecular flexibility index (Phi) is 4.74. The highest BCUT2D eigenvalue weighted by Gasteiger charge is 2.81. The van der Waals surface area contributed by atoms with Crippen molar-refractivity contribution in [1.29, 1.82) is 0 Å². The summed E-state index contributed by atoms with van der Waals surface area (Å²) >= 11 is 7.57. The smallest absolute Gasteiger partial charge is 0.198 e. The molecule has 1 spiro atoms. The highest BCUT2D eigenvalue weighted by atomic mass is 32.2. The minimum atomic E-state index is -0.0375. The van der Waals surface area contributed by atoms with E-state index in [0.29, 0.717) is 34.8 Å². The molecule has 3 aliphatic carbocycles. The molecule has 1 aliphatic heterocycles. The summed E-state index contributed by atoms with van der Waals surface area (Å²) in [4.78, 5) is 1.42. The van der Waals surface area contributed by atoms with Crippen LogP contribution in [0.5, 0.6) is 5.75 Å². The number of fused-ring (bicyclic) bond motifs is 1. The molecule has 152 valence electrons. The summed E-state index contributed by atoms with van der Waals surface area (Å²) < 4.78 is 12.5. The van der Waals surface area contributed by atoms with E-state index in [9.17, 15) is 0 Å². The molecule has 0 bridgehead atoms. The minimum absolute atomic E-state index is 0.0375. The van der Waals surface area contributed by atoms with Gasteiger partial charge in [-0.05, 0) is 98.0 Å². The molecule has 2 nitrogen and oxygen atoms in total. The van der Waals surface area contributed by atoms with Gasteiger partial charge in [0, 0.05) is 16.7 Å². The molecule has 28 heavy (non-hydrogen) atoms. The fourth-order valence-electron chi connectivity index (χ4n) is 7.17. The van der Waals surface area contributed by atoms with Gasteiger partial charge in [-0.25, -0.2) is 0 Å². The van der Waals surface area contributed by atoms with Crippen LogP contribution in [0.25, 0.3) is 0 Å². The van der Waals surface area contributed by atoms with Gasteiger partial charge in [-0.15, -0.1) is 11.8 Å². The summed E-state index contributed by atoms with van der Waals surface area (Å²) in [6.07, 6.45) is 7.84. The number of thioether (sulfide) groups is 1. The third kappa shape index (κ3) is 2.56. The lowest BCUT2D eigenvalue weighted by atomic mass is 9.24. The molecule has 4 aliphatic rings. The van der Waals surface area contributed by atoms with Crippen molar-refractivity contribution >= 4 is 29.0 Å². The van der Waals surface area contributed by atoms with Crippen molar-refractivity contribution in [3.05, 3.63) is 23.8 Å². The first kappa shape index (κ1) is 19.2. The monoisotopic (exact) mass is 416 g/mol. The van der Waals surface area contributed by atoms with Crippen LogP contribution in [0.1, 0.15) is 70.8 Å². The van der Waals surface area contributed by atoms with E-state index >= 15 is 0 Å². The molecular weight excluding hydrogens is 384 g/mol. The van der Waals surface area contributed by atoms with Crippen molar-refractivity contribution < 1.29 is 9.47 Å². The van der Waals surface area contributed by atoms with Crippen LogP contribution in [0, 0.1) is 23.2 Å². The van der Waals surface area contributed by atoms with Crippen molar-refractivity contribution in [1.82, 2.24) is 0 Å². The standard InChI is InChI=1S/C24H32O2S2/c1-4-15-9-11-28-19-7-6-17(13-18(15)19)25-14-22(27)26-23(3)20-8-10-24(20)16(5-2)12-21(23)24/h6-7,13,15-16,20-21H,4-5,8-12,14H2,1-3H3. The topological polar surface area (TPSA) is 18.5 Å². The number of benzene rings is 1. The van der Waals surface area contributed by atoms with Gasteiger partial charge in [-0.3, -0.25) is 0 Å². The van der Waals surface area contributed by atoms with Gasteiger partial charge in [0.2, 0.25) is 0 Å². The normalized spacial score (nSPS) is 40.0. The molecule has 6 atom stereocenters. The summed E-state index contributed by atoms with van der Waals surface area (Å²) in [7, 11) is 0. The van der Waals surface area contributed by atoms with Gasteiger partial charge in [0.25, 0.3) is 0 Å². The van der Waals surface area contributed by atoms with E-state index in [-0.39, 0.29) is 5.60 Å². The number of hydrogen-bond donors (Lipinski definition) is 0. The molecule has 6 unspecified atom stereocenters. The van der Waals surface area contributed by atoms with Crippen molar-refractivity contribution in [2.24, 2.45) is 23.2 Å². The third-order valence-electron chi connectivity index (χ3n) is 8.65.